The van der Waals surface area contributed by atoms with Crippen molar-refractivity contribution in [3.8, 4) is 11.5 Å². The zero-order valence-corrected chi connectivity index (χ0v) is 53.0. The summed E-state index contributed by atoms with van der Waals surface area (Å²) in [5, 5.41) is 20.7. The zero-order valence-electron chi connectivity index (χ0n) is 53.0. The Morgan fingerprint density at radius 2 is 0.611 bits per heavy atom. The van der Waals surface area contributed by atoms with E-state index in [1.807, 2.05) is 24.3 Å². The molecule has 0 atom stereocenters. The summed E-state index contributed by atoms with van der Waals surface area (Å²) < 4.78 is 121. The molecule has 2 aliphatic rings. The van der Waals surface area contributed by atoms with E-state index in [2.05, 4.69) is 47.8 Å². The topological polar surface area (TPSA) is 268 Å². The van der Waals surface area contributed by atoms with E-state index in [0.29, 0.717) is 277 Å². The monoisotopic (exact) mass is 1280 g/mol. The number of nitrogens with one attached hydrogen (secondary N) is 1. The van der Waals surface area contributed by atoms with Crippen LogP contribution in [0, 0.1) is 0 Å². The van der Waals surface area contributed by atoms with Crippen LogP contribution in [0.5, 0.6) is 11.5 Å². The molecule has 0 radical (unpaired) electrons. The van der Waals surface area contributed by atoms with Gasteiger partial charge < -0.3 is 120 Å². The van der Waals surface area contributed by atoms with Gasteiger partial charge in [0, 0.05) is 12.2 Å². The fraction of sp³-hybridized carbons (Fsp3) is 0.703. The number of anilines is 1. The van der Waals surface area contributed by atoms with Crippen LogP contribution in [0.2, 0.25) is 0 Å². The molecule has 0 bridgehead atoms. The van der Waals surface area contributed by atoms with Gasteiger partial charge in [0.25, 0.3) is 0 Å². The fourth-order valence-electron chi connectivity index (χ4n) is 7.84. The average Bonchev–Trinajstić information content (AvgIpc) is 1.80. The van der Waals surface area contributed by atoms with Crippen molar-refractivity contribution in [3.63, 3.8) is 0 Å². The lowest BCUT2D eigenvalue weighted by atomic mass is 9.90. The number of aliphatic imine (C=N–C) groups is 1. The van der Waals surface area contributed by atoms with E-state index >= 15 is 0 Å². The van der Waals surface area contributed by atoms with Gasteiger partial charge in [-0.3, -0.25) is 4.99 Å². The highest BCUT2D eigenvalue weighted by atomic mass is 16.7. The molecule has 0 aromatic heterocycles. The van der Waals surface area contributed by atoms with Gasteiger partial charge >= 0.3 is 0 Å². The third kappa shape index (κ3) is 43.6. The highest BCUT2D eigenvalue weighted by molar-refractivity contribution is 6.07. The molecular weight excluding hydrogens is 1180 g/mol. The molecule has 90 heavy (non-hydrogen) atoms. The number of aliphatic hydroxyl groups excluding tert-OH is 2. The number of ether oxygens (including phenoxy) is 22. The molecule has 1 heterocycles. The van der Waals surface area contributed by atoms with Gasteiger partial charge in [-0.2, -0.15) is 0 Å². The molecule has 2 aromatic carbocycles. The van der Waals surface area contributed by atoms with Gasteiger partial charge in [0.1, 0.15) is 0 Å². The molecular formula is C64H104N2O24. The minimum Gasteiger partial charge on any atom is -0.454 e. The highest BCUT2D eigenvalue weighted by Gasteiger charge is 2.18. The van der Waals surface area contributed by atoms with Crippen LogP contribution in [0.15, 0.2) is 77.3 Å². The number of hydrogen-bond acceptors (Lipinski definition) is 26. The second kappa shape index (κ2) is 59.8. The van der Waals surface area contributed by atoms with Gasteiger partial charge in [0.05, 0.1) is 290 Å². The summed E-state index contributed by atoms with van der Waals surface area (Å²) in [6, 6.07) is 14.4. The molecule has 0 fully saturated rings. The first-order valence-electron chi connectivity index (χ1n) is 31.4. The van der Waals surface area contributed by atoms with Gasteiger partial charge in [-0.1, -0.05) is 30.4 Å². The van der Waals surface area contributed by atoms with E-state index in [1.165, 1.54) is 0 Å². The maximum absolute atomic E-state index is 8.64. The number of aliphatic hydroxyl groups is 2. The maximum Gasteiger partial charge on any atom is 0.231 e. The van der Waals surface area contributed by atoms with Gasteiger partial charge in [-0.05, 0) is 58.7 Å². The second-order valence-electron chi connectivity index (χ2n) is 19.1. The molecule has 2 aromatic rings. The maximum atomic E-state index is 8.64. The summed E-state index contributed by atoms with van der Waals surface area (Å²) in [4.78, 5) is 4.73. The minimum atomic E-state index is 0.0150. The average molecular weight is 1290 g/mol. The second-order valence-corrected chi connectivity index (χ2v) is 19.1. The third-order valence-corrected chi connectivity index (χ3v) is 12.3. The molecule has 1 aliphatic carbocycles. The molecule has 514 valence electrons. The Labute approximate surface area is 532 Å². The number of benzene rings is 2. The van der Waals surface area contributed by atoms with Crippen LogP contribution >= 0.6 is 0 Å². The van der Waals surface area contributed by atoms with E-state index < -0.39 is 0 Å². The molecule has 1 aliphatic heterocycles. The predicted octanol–water partition coefficient (Wildman–Crippen LogP) is 3.51. The third-order valence-electron chi connectivity index (χ3n) is 12.3. The fourth-order valence-corrected chi connectivity index (χ4v) is 7.84. The smallest absolute Gasteiger partial charge is 0.231 e. The minimum absolute atomic E-state index is 0.0150. The van der Waals surface area contributed by atoms with Crippen LogP contribution in [0.4, 0.5) is 5.69 Å². The molecule has 0 saturated carbocycles. The van der Waals surface area contributed by atoms with Gasteiger partial charge in [0.15, 0.2) is 11.5 Å². The first kappa shape index (κ1) is 78.3. The van der Waals surface area contributed by atoms with E-state index in [9.17, 15) is 0 Å². The van der Waals surface area contributed by atoms with Crippen LogP contribution in [-0.4, -0.2) is 313 Å². The standard InChI is InChI=1S/C64H104N2O24/c67-13-17-71-21-25-75-29-33-79-37-41-83-45-49-87-53-51-85-47-43-81-39-35-77-31-27-73-23-19-69-15-11-65-60-6-1-57(2-7-60)64(59-5-10-62-63(55-59)90-56-89-62)58-3-8-61(9-4-58)66-12-16-70-20-24-74-28-32-78-36-40-82-44-48-86-52-54-88-50-46-84-42-38-80-34-30-76-26-22-72-18-14-68/h1-10,55,65,67-68H,11-54,56H2. The Hall–Kier alpha value is -4.15. The van der Waals surface area contributed by atoms with Crippen LogP contribution in [0.1, 0.15) is 11.1 Å². The van der Waals surface area contributed by atoms with Crippen LogP contribution in [-0.2, 0) is 94.7 Å². The number of nitrogens with zero attached hydrogens (tertiary/aromatic N) is 1. The summed E-state index contributed by atoms with van der Waals surface area (Å²) in [6.07, 6.45) is 8.23. The highest BCUT2D eigenvalue weighted by Crippen LogP contribution is 2.38. The first-order chi connectivity index (χ1) is 44.8. The molecule has 0 saturated heterocycles. The van der Waals surface area contributed by atoms with Crippen molar-refractivity contribution in [2.45, 2.75) is 0 Å². The van der Waals surface area contributed by atoms with Gasteiger partial charge in [-0.25, -0.2) is 0 Å². The lowest BCUT2D eigenvalue weighted by Crippen LogP contribution is -2.15. The van der Waals surface area contributed by atoms with Gasteiger partial charge in [-0.15, -0.1) is 0 Å². The first-order valence-corrected chi connectivity index (χ1v) is 31.4. The van der Waals surface area contributed by atoms with Crippen molar-refractivity contribution >= 4 is 17.0 Å². The van der Waals surface area contributed by atoms with Crippen molar-refractivity contribution in [1.29, 1.82) is 0 Å². The number of allylic oxidation sites excluding steroid dienone is 5. The molecule has 26 nitrogen and oxygen atoms in total. The summed E-state index contributed by atoms with van der Waals surface area (Å²) in [5.41, 5.74) is 6.02. The quantitative estimate of drug-likeness (QED) is 0.0800. The molecule has 4 rings (SSSR count). The molecule has 0 spiro atoms. The summed E-state index contributed by atoms with van der Waals surface area (Å²) in [6.45, 7) is 20.4. The number of hydrogen-bond donors (Lipinski definition) is 3. The van der Waals surface area contributed by atoms with Crippen LogP contribution < -0.4 is 14.8 Å². The Morgan fingerprint density at radius 1 is 0.322 bits per heavy atom. The lowest BCUT2D eigenvalue weighted by molar-refractivity contribution is -0.0267. The van der Waals surface area contributed by atoms with Crippen molar-refractivity contribution in [2.24, 2.45) is 4.99 Å². The Balaban J connectivity index is 0.917. The molecule has 0 amide bonds. The lowest BCUT2D eigenvalue weighted by Gasteiger charge is -2.15. The van der Waals surface area contributed by atoms with Crippen LogP contribution in [0.25, 0.3) is 5.57 Å². The number of rotatable bonds is 67. The predicted molar refractivity (Wildman–Crippen MR) is 335 cm³/mol. The van der Waals surface area contributed by atoms with Crippen molar-refractivity contribution in [2.75, 3.05) is 303 Å². The molecule has 0 unspecified atom stereocenters. The van der Waals surface area contributed by atoms with Crippen molar-refractivity contribution in [1.82, 2.24) is 0 Å². The Morgan fingerprint density at radius 3 is 0.944 bits per heavy atom. The van der Waals surface area contributed by atoms with E-state index in [1.54, 1.807) is 0 Å². The molecule has 26 heteroatoms. The zero-order chi connectivity index (χ0) is 63.2. The SMILES string of the molecule is OCCOCCOCCOCCOCCOCCOCCOCCOCCOCCOCCN=C1C=CC(=C(c2ccc(NCCOCCOCCOCCOCCOCCOCCOCCOCCOCCOCCO)cc2)c2ccc3c(c2)OCO3)C=C1. The van der Waals surface area contributed by atoms with Crippen molar-refractivity contribution < 1.29 is 114 Å². The largest absolute Gasteiger partial charge is 0.454 e. The van der Waals surface area contributed by atoms with Crippen LogP contribution in [0.3, 0.4) is 0 Å². The summed E-state index contributed by atoms with van der Waals surface area (Å²) >= 11 is 0. The summed E-state index contributed by atoms with van der Waals surface area (Å²) in [5.74, 6) is 1.45. The molecule has 3 N–H and O–H groups in total. The number of fused-ring (bicyclic) bond motifs is 1. The van der Waals surface area contributed by atoms with Crippen molar-refractivity contribution in [3.05, 3.63) is 83.5 Å². The Bertz CT molecular complexity index is 2050. The van der Waals surface area contributed by atoms with Gasteiger partial charge in [0.2, 0.25) is 6.79 Å². The van der Waals surface area contributed by atoms with E-state index in [4.69, 9.17) is 119 Å². The normalized spacial score (nSPS) is 12.7. The Kier molecular flexibility index (Phi) is 52.1. The van der Waals surface area contributed by atoms with E-state index in [0.717, 1.165) is 45.2 Å². The summed E-state index contributed by atoms with van der Waals surface area (Å²) in [7, 11) is 0. The van der Waals surface area contributed by atoms with E-state index in [-0.39, 0.29) is 20.0 Å².